The van der Waals surface area contributed by atoms with Crippen LogP contribution in [0.25, 0.3) is 0 Å². The largest absolute Gasteiger partial charge is 0.372 e. The molecular weight excluding hydrogens is 242 g/mol. The Morgan fingerprint density at radius 1 is 0.950 bits per heavy atom. The minimum atomic E-state index is 0.972. The van der Waals surface area contributed by atoms with Gasteiger partial charge in [-0.15, -0.1) is 0 Å². The Bertz CT molecular complexity index is 369. The Hall–Kier alpha value is -0.980. The second-order valence-corrected chi connectivity index (χ2v) is 6.50. The maximum atomic E-state index is 2.41. The van der Waals surface area contributed by atoms with Gasteiger partial charge in [-0.25, -0.2) is 0 Å². The number of aryl methyl sites for hydroxylation is 1. The molecule has 1 nitrogen and oxygen atoms in total. The van der Waals surface area contributed by atoms with Gasteiger partial charge in [0.25, 0.3) is 0 Å². The van der Waals surface area contributed by atoms with Crippen LogP contribution < -0.4 is 4.90 Å². The van der Waals surface area contributed by atoms with Crippen molar-refractivity contribution < 1.29 is 0 Å². The van der Waals surface area contributed by atoms with Crippen LogP contribution >= 0.6 is 0 Å². The summed E-state index contributed by atoms with van der Waals surface area (Å²) in [4.78, 5) is 2.41. The molecule has 1 fully saturated rings. The van der Waals surface area contributed by atoms with Crippen LogP contribution in [0.15, 0.2) is 24.3 Å². The Labute approximate surface area is 125 Å². The molecule has 0 saturated heterocycles. The molecule has 0 bridgehead atoms. The minimum Gasteiger partial charge on any atom is -0.372 e. The summed E-state index contributed by atoms with van der Waals surface area (Å²) in [5.74, 6) is 1.95. The molecule has 2 rings (SSSR count). The Balaban J connectivity index is 1.81. The quantitative estimate of drug-likeness (QED) is 0.680. The maximum absolute atomic E-state index is 2.41. The molecule has 112 valence electrons. The van der Waals surface area contributed by atoms with Gasteiger partial charge in [-0.1, -0.05) is 44.7 Å². The molecule has 0 amide bonds. The summed E-state index contributed by atoms with van der Waals surface area (Å²) in [6.45, 7) is 9.04. The molecule has 1 aromatic carbocycles. The lowest BCUT2D eigenvalue weighted by molar-refractivity contribution is 0.278. The molecular formula is C19H31N. The predicted molar refractivity (Wildman–Crippen MR) is 89.4 cm³/mol. The summed E-state index contributed by atoms with van der Waals surface area (Å²) in [5, 5.41) is 0. The van der Waals surface area contributed by atoms with Gasteiger partial charge >= 0.3 is 0 Å². The van der Waals surface area contributed by atoms with Gasteiger partial charge in [-0.3, -0.25) is 0 Å². The Kier molecular flexibility index (Phi) is 5.94. The molecule has 0 radical (unpaired) electrons. The lowest BCUT2D eigenvalue weighted by Crippen LogP contribution is -2.21. The van der Waals surface area contributed by atoms with E-state index in [1.165, 1.54) is 49.8 Å². The van der Waals surface area contributed by atoms with Gasteiger partial charge in [-0.05, 0) is 56.2 Å². The van der Waals surface area contributed by atoms with Crippen LogP contribution in [0, 0.1) is 11.8 Å². The molecule has 1 aromatic rings. The van der Waals surface area contributed by atoms with E-state index in [9.17, 15) is 0 Å². The first-order valence-corrected chi connectivity index (χ1v) is 8.56. The van der Waals surface area contributed by atoms with Crippen LogP contribution in [-0.2, 0) is 6.42 Å². The van der Waals surface area contributed by atoms with E-state index in [1.54, 1.807) is 0 Å². The number of anilines is 1. The molecule has 1 aliphatic carbocycles. The second-order valence-electron chi connectivity index (χ2n) is 6.50. The Morgan fingerprint density at radius 3 is 2.10 bits per heavy atom. The van der Waals surface area contributed by atoms with Crippen molar-refractivity contribution in [1.29, 1.82) is 0 Å². The molecule has 0 aliphatic heterocycles. The zero-order chi connectivity index (χ0) is 14.4. The smallest absolute Gasteiger partial charge is 0.0366 e. The summed E-state index contributed by atoms with van der Waals surface area (Å²) in [5.41, 5.74) is 2.88. The SMILES string of the molecule is CCN(CC)c1ccc(CCC2CCC(C)CC2)cc1. The fraction of sp³-hybridized carbons (Fsp3) is 0.684. The van der Waals surface area contributed by atoms with Crippen LogP contribution in [0.5, 0.6) is 0 Å². The van der Waals surface area contributed by atoms with E-state index in [1.807, 2.05) is 0 Å². The third-order valence-corrected chi connectivity index (χ3v) is 5.04. The van der Waals surface area contributed by atoms with Crippen molar-refractivity contribution in [3.63, 3.8) is 0 Å². The number of nitrogens with zero attached hydrogens (tertiary/aromatic N) is 1. The number of hydrogen-bond acceptors (Lipinski definition) is 1. The van der Waals surface area contributed by atoms with Crippen molar-refractivity contribution in [1.82, 2.24) is 0 Å². The standard InChI is InChI=1S/C19H31N/c1-4-20(5-2)19-14-12-18(13-15-19)11-10-17-8-6-16(3)7-9-17/h12-17H,4-11H2,1-3H3. The number of hydrogen-bond donors (Lipinski definition) is 0. The average molecular weight is 273 g/mol. The maximum Gasteiger partial charge on any atom is 0.0366 e. The van der Waals surface area contributed by atoms with Gasteiger partial charge in [0.1, 0.15) is 0 Å². The molecule has 0 unspecified atom stereocenters. The average Bonchev–Trinajstić information content (AvgIpc) is 2.49. The fourth-order valence-electron chi connectivity index (χ4n) is 3.45. The van der Waals surface area contributed by atoms with Crippen molar-refractivity contribution in [2.75, 3.05) is 18.0 Å². The summed E-state index contributed by atoms with van der Waals surface area (Å²) in [6, 6.07) is 9.26. The van der Waals surface area contributed by atoms with Gasteiger partial charge < -0.3 is 4.90 Å². The highest BCUT2D eigenvalue weighted by Crippen LogP contribution is 2.31. The van der Waals surface area contributed by atoms with Crippen molar-refractivity contribution >= 4 is 5.69 Å². The third-order valence-electron chi connectivity index (χ3n) is 5.04. The highest BCUT2D eigenvalue weighted by atomic mass is 15.1. The molecule has 1 saturated carbocycles. The minimum absolute atomic E-state index is 0.972. The topological polar surface area (TPSA) is 3.24 Å². The van der Waals surface area contributed by atoms with Gasteiger partial charge in [0.05, 0.1) is 0 Å². The first-order valence-electron chi connectivity index (χ1n) is 8.56. The molecule has 0 aromatic heterocycles. The molecule has 0 heterocycles. The van der Waals surface area contributed by atoms with Crippen molar-refractivity contribution in [3.8, 4) is 0 Å². The van der Waals surface area contributed by atoms with Crippen molar-refractivity contribution in [2.24, 2.45) is 11.8 Å². The number of rotatable bonds is 6. The van der Waals surface area contributed by atoms with Crippen LogP contribution in [0.1, 0.15) is 58.4 Å². The van der Waals surface area contributed by atoms with E-state index < -0.39 is 0 Å². The molecule has 20 heavy (non-hydrogen) atoms. The summed E-state index contributed by atoms with van der Waals surface area (Å²) in [6.07, 6.45) is 8.46. The first kappa shape index (κ1) is 15.4. The van der Waals surface area contributed by atoms with Crippen LogP contribution in [-0.4, -0.2) is 13.1 Å². The second kappa shape index (κ2) is 7.71. The van der Waals surface area contributed by atoms with E-state index in [4.69, 9.17) is 0 Å². The monoisotopic (exact) mass is 273 g/mol. The van der Waals surface area contributed by atoms with E-state index in [-0.39, 0.29) is 0 Å². The van der Waals surface area contributed by atoms with Crippen LogP contribution in [0.2, 0.25) is 0 Å². The summed E-state index contributed by atoms with van der Waals surface area (Å²) in [7, 11) is 0. The van der Waals surface area contributed by atoms with Crippen LogP contribution in [0.4, 0.5) is 5.69 Å². The third kappa shape index (κ3) is 4.26. The number of benzene rings is 1. The van der Waals surface area contributed by atoms with Crippen LogP contribution in [0.3, 0.4) is 0 Å². The van der Waals surface area contributed by atoms with Gasteiger partial charge in [0.2, 0.25) is 0 Å². The fourth-order valence-corrected chi connectivity index (χ4v) is 3.45. The predicted octanol–water partition coefficient (Wildman–Crippen LogP) is 5.29. The first-order chi connectivity index (χ1) is 9.72. The van der Waals surface area contributed by atoms with E-state index in [2.05, 4.69) is 49.9 Å². The van der Waals surface area contributed by atoms with Gasteiger partial charge in [0.15, 0.2) is 0 Å². The van der Waals surface area contributed by atoms with Crippen molar-refractivity contribution in [3.05, 3.63) is 29.8 Å². The summed E-state index contributed by atoms with van der Waals surface area (Å²) >= 11 is 0. The van der Waals surface area contributed by atoms with E-state index >= 15 is 0 Å². The zero-order valence-electron chi connectivity index (χ0n) is 13.6. The normalized spacial score (nSPS) is 22.8. The lowest BCUT2D eigenvalue weighted by atomic mass is 9.80. The van der Waals surface area contributed by atoms with E-state index in [0.717, 1.165) is 24.9 Å². The zero-order valence-corrected chi connectivity index (χ0v) is 13.6. The highest BCUT2D eigenvalue weighted by Gasteiger charge is 2.17. The van der Waals surface area contributed by atoms with Gasteiger partial charge in [-0.2, -0.15) is 0 Å². The molecule has 0 N–H and O–H groups in total. The molecule has 0 spiro atoms. The van der Waals surface area contributed by atoms with Crippen molar-refractivity contribution in [2.45, 2.75) is 59.3 Å². The molecule has 1 aliphatic rings. The van der Waals surface area contributed by atoms with Gasteiger partial charge in [0, 0.05) is 18.8 Å². The highest BCUT2D eigenvalue weighted by molar-refractivity contribution is 5.47. The molecule has 1 heteroatoms. The Morgan fingerprint density at radius 2 is 1.55 bits per heavy atom. The molecule has 0 atom stereocenters. The van der Waals surface area contributed by atoms with E-state index in [0.29, 0.717) is 0 Å². The lowest BCUT2D eigenvalue weighted by Gasteiger charge is -2.26. The summed E-state index contributed by atoms with van der Waals surface area (Å²) < 4.78 is 0.